The first-order chi connectivity index (χ1) is 14.0. The molecule has 0 aromatic heterocycles. The summed E-state index contributed by atoms with van der Waals surface area (Å²) in [7, 11) is -2.16. The van der Waals surface area contributed by atoms with Crippen LogP contribution in [0.15, 0.2) is 36.4 Å². The molecule has 6 nitrogen and oxygen atoms in total. The van der Waals surface area contributed by atoms with Crippen LogP contribution >= 0.6 is 23.2 Å². The minimum atomic E-state index is -3.76. The van der Waals surface area contributed by atoms with E-state index >= 15 is 0 Å². The first kappa shape index (κ1) is 24.3. The average molecular weight is 473 g/mol. The molecule has 0 spiro atoms. The summed E-state index contributed by atoms with van der Waals surface area (Å²) in [6, 6.07) is 8.86. The Hall–Kier alpha value is -1.96. The molecule has 0 aliphatic heterocycles. The fourth-order valence-corrected chi connectivity index (χ4v) is 4.72. The van der Waals surface area contributed by atoms with Gasteiger partial charge in [-0.3, -0.25) is 9.10 Å². The second-order valence-corrected chi connectivity index (χ2v) is 9.71. The molecular formula is C21H26Cl2N2O4S. The van der Waals surface area contributed by atoms with Gasteiger partial charge in [0.2, 0.25) is 15.9 Å². The molecule has 2 aromatic rings. The molecule has 0 saturated heterocycles. The fraction of sp³-hybridized carbons (Fsp3) is 0.381. The summed E-state index contributed by atoms with van der Waals surface area (Å²) in [5.41, 5.74) is 2.13. The number of ether oxygens (including phenoxy) is 1. The van der Waals surface area contributed by atoms with E-state index in [1.54, 1.807) is 7.11 Å². The van der Waals surface area contributed by atoms with E-state index < -0.39 is 22.0 Å². The average Bonchev–Trinajstić information content (AvgIpc) is 2.67. The van der Waals surface area contributed by atoms with Crippen molar-refractivity contribution in [2.24, 2.45) is 0 Å². The van der Waals surface area contributed by atoms with Crippen molar-refractivity contribution in [1.82, 2.24) is 5.32 Å². The maximum absolute atomic E-state index is 13.0. The maximum Gasteiger partial charge on any atom is 0.244 e. The van der Waals surface area contributed by atoms with E-state index in [-0.39, 0.29) is 16.8 Å². The van der Waals surface area contributed by atoms with Gasteiger partial charge in [-0.05, 0) is 55.7 Å². The van der Waals surface area contributed by atoms with Crippen LogP contribution in [0.25, 0.3) is 0 Å². The van der Waals surface area contributed by atoms with Gasteiger partial charge in [-0.2, -0.15) is 0 Å². The Bertz CT molecular complexity index is 1030. The van der Waals surface area contributed by atoms with Crippen molar-refractivity contribution in [3.63, 3.8) is 0 Å². The zero-order chi connectivity index (χ0) is 22.6. The number of halogens is 2. The van der Waals surface area contributed by atoms with Gasteiger partial charge < -0.3 is 10.1 Å². The molecule has 9 heteroatoms. The molecule has 1 amide bonds. The Morgan fingerprint density at radius 1 is 1.17 bits per heavy atom. The molecule has 0 unspecified atom stereocenters. The predicted molar refractivity (Wildman–Crippen MR) is 122 cm³/mol. The number of benzene rings is 2. The van der Waals surface area contributed by atoms with E-state index in [0.717, 1.165) is 27.4 Å². The molecule has 30 heavy (non-hydrogen) atoms. The molecular weight excluding hydrogens is 447 g/mol. The highest BCUT2D eigenvalue weighted by atomic mass is 35.5. The molecule has 164 valence electrons. The smallest absolute Gasteiger partial charge is 0.244 e. The standard InChI is InChI=1S/C21H26Cl2N2O4S/c1-6-19(15-7-10-20(29-4)13(2)11-15)24-21(26)14(3)25(30(5,27)28)16-8-9-17(22)18(23)12-16/h7-12,14,19H,6H2,1-5H3,(H,24,26)/t14-,19-/m1/s1. The van der Waals surface area contributed by atoms with Crippen LogP contribution in [0, 0.1) is 6.92 Å². The number of carbonyl (C=O) groups is 1. The molecule has 0 aliphatic carbocycles. The zero-order valence-electron chi connectivity index (χ0n) is 17.6. The monoisotopic (exact) mass is 472 g/mol. The molecule has 0 aliphatic rings. The van der Waals surface area contributed by atoms with Gasteiger partial charge in [0, 0.05) is 0 Å². The normalized spacial score (nSPS) is 13.4. The summed E-state index contributed by atoms with van der Waals surface area (Å²) in [6.45, 7) is 5.41. The van der Waals surface area contributed by atoms with Gasteiger partial charge in [-0.15, -0.1) is 0 Å². The molecule has 0 fully saturated rings. The van der Waals surface area contributed by atoms with Crippen molar-refractivity contribution in [1.29, 1.82) is 0 Å². The molecule has 0 radical (unpaired) electrons. The number of methoxy groups -OCH3 is 1. The lowest BCUT2D eigenvalue weighted by atomic mass is 10.0. The van der Waals surface area contributed by atoms with Gasteiger partial charge in [0.1, 0.15) is 11.8 Å². The molecule has 2 rings (SSSR count). The first-order valence-corrected chi connectivity index (χ1v) is 12.0. The number of nitrogens with zero attached hydrogens (tertiary/aromatic N) is 1. The van der Waals surface area contributed by atoms with Crippen LogP contribution in [-0.2, 0) is 14.8 Å². The van der Waals surface area contributed by atoms with Crippen molar-refractivity contribution in [2.45, 2.75) is 39.3 Å². The predicted octanol–water partition coefficient (Wildman–Crippen LogP) is 4.73. The van der Waals surface area contributed by atoms with E-state index in [0.29, 0.717) is 11.4 Å². The quantitative estimate of drug-likeness (QED) is 0.602. The van der Waals surface area contributed by atoms with Crippen LogP contribution in [-0.4, -0.2) is 33.7 Å². The lowest BCUT2D eigenvalue weighted by molar-refractivity contribution is -0.122. The number of amides is 1. The Kier molecular flexibility index (Phi) is 8.02. The van der Waals surface area contributed by atoms with E-state index in [1.807, 2.05) is 32.0 Å². The Morgan fingerprint density at radius 3 is 2.33 bits per heavy atom. The van der Waals surface area contributed by atoms with Gasteiger partial charge in [-0.1, -0.05) is 42.3 Å². The molecule has 2 atom stereocenters. The lowest BCUT2D eigenvalue weighted by Crippen LogP contribution is -2.48. The van der Waals surface area contributed by atoms with E-state index in [4.69, 9.17) is 27.9 Å². The second kappa shape index (κ2) is 9.90. The second-order valence-electron chi connectivity index (χ2n) is 7.03. The van der Waals surface area contributed by atoms with Gasteiger partial charge in [0.25, 0.3) is 0 Å². The number of rotatable bonds is 8. The Labute approximate surface area is 188 Å². The Morgan fingerprint density at radius 2 is 1.83 bits per heavy atom. The highest BCUT2D eigenvalue weighted by Gasteiger charge is 2.30. The molecule has 1 N–H and O–H groups in total. The van der Waals surface area contributed by atoms with Crippen LogP contribution in [0.1, 0.15) is 37.4 Å². The molecule has 0 bridgehead atoms. The molecule has 2 aromatic carbocycles. The number of sulfonamides is 1. The van der Waals surface area contributed by atoms with Crippen molar-refractivity contribution in [2.75, 3.05) is 17.7 Å². The topological polar surface area (TPSA) is 75.7 Å². The number of aryl methyl sites for hydroxylation is 1. The number of nitrogens with one attached hydrogen (secondary N) is 1. The first-order valence-electron chi connectivity index (χ1n) is 9.39. The van der Waals surface area contributed by atoms with Gasteiger partial charge in [-0.25, -0.2) is 8.42 Å². The lowest BCUT2D eigenvalue weighted by Gasteiger charge is -2.30. The number of hydrogen-bond acceptors (Lipinski definition) is 4. The van der Waals surface area contributed by atoms with Gasteiger partial charge in [0.05, 0.1) is 35.1 Å². The third kappa shape index (κ3) is 5.59. The fourth-order valence-electron chi connectivity index (χ4n) is 3.26. The van der Waals surface area contributed by atoms with Crippen molar-refractivity contribution in [3.8, 4) is 5.75 Å². The summed E-state index contributed by atoms with van der Waals surface area (Å²) >= 11 is 12.0. The van der Waals surface area contributed by atoms with Crippen molar-refractivity contribution >= 4 is 44.8 Å². The van der Waals surface area contributed by atoms with Crippen LogP contribution in [0.3, 0.4) is 0 Å². The van der Waals surface area contributed by atoms with E-state index in [2.05, 4.69) is 5.32 Å². The van der Waals surface area contributed by atoms with Crippen molar-refractivity contribution in [3.05, 3.63) is 57.6 Å². The van der Waals surface area contributed by atoms with Crippen LogP contribution in [0.4, 0.5) is 5.69 Å². The minimum absolute atomic E-state index is 0.204. The van der Waals surface area contributed by atoms with Gasteiger partial charge >= 0.3 is 0 Å². The number of carbonyl (C=O) groups excluding carboxylic acids is 1. The minimum Gasteiger partial charge on any atom is -0.496 e. The SMILES string of the molecule is CC[C@@H](NC(=O)[C@@H](C)N(c1ccc(Cl)c(Cl)c1)S(C)(=O)=O)c1ccc(OC)c(C)c1. The maximum atomic E-state index is 13.0. The summed E-state index contributed by atoms with van der Waals surface area (Å²) < 4.78 is 31.3. The summed E-state index contributed by atoms with van der Waals surface area (Å²) in [5, 5.41) is 3.45. The summed E-state index contributed by atoms with van der Waals surface area (Å²) in [4.78, 5) is 13.0. The Balaban J connectivity index is 2.31. The summed E-state index contributed by atoms with van der Waals surface area (Å²) in [6.07, 6.45) is 1.68. The van der Waals surface area contributed by atoms with Crippen LogP contribution in [0.2, 0.25) is 10.0 Å². The zero-order valence-corrected chi connectivity index (χ0v) is 19.9. The van der Waals surface area contributed by atoms with Gasteiger partial charge in [0.15, 0.2) is 0 Å². The van der Waals surface area contributed by atoms with Crippen LogP contribution < -0.4 is 14.4 Å². The largest absolute Gasteiger partial charge is 0.496 e. The summed E-state index contributed by atoms with van der Waals surface area (Å²) in [5.74, 6) is 0.336. The number of anilines is 1. The molecule has 0 saturated carbocycles. The van der Waals surface area contributed by atoms with Crippen molar-refractivity contribution < 1.29 is 17.9 Å². The third-order valence-electron chi connectivity index (χ3n) is 4.79. The van der Waals surface area contributed by atoms with E-state index in [1.165, 1.54) is 25.1 Å². The third-order valence-corrected chi connectivity index (χ3v) is 6.77. The number of hydrogen-bond donors (Lipinski definition) is 1. The highest BCUT2D eigenvalue weighted by Crippen LogP contribution is 2.30. The van der Waals surface area contributed by atoms with E-state index in [9.17, 15) is 13.2 Å². The highest BCUT2D eigenvalue weighted by molar-refractivity contribution is 7.92. The molecule has 0 heterocycles. The van der Waals surface area contributed by atoms with Crippen LogP contribution in [0.5, 0.6) is 5.75 Å².